The summed E-state index contributed by atoms with van der Waals surface area (Å²) < 4.78 is 0. The van der Waals surface area contributed by atoms with Crippen LogP contribution in [0.3, 0.4) is 0 Å². The van der Waals surface area contributed by atoms with Gasteiger partial charge >= 0.3 is 0 Å². The number of nitrogens with zero attached hydrogens (tertiary/aromatic N) is 2. The lowest BCUT2D eigenvalue weighted by Gasteiger charge is -2.21. The van der Waals surface area contributed by atoms with E-state index in [9.17, 15) is 0 Å². The second-order valence-corrected chi connectivity index (χ2v) is 5.02. The fraction of sp³-hybridized carbons (Fsp3) is 0.533. The van der Waals surface area contributed by atoms with Crippen molar-refractivity contribution in [3.05, 3.63) is 34.9 Å². The van der Waals surface area contributed by atoms with Crippen molar-refractivity contribution in [1.82, 2.24) is 10.2 Å². The number of hydrogen-bond donors (Lipinski definition) is 1. The third kappa shape index (κ3) is 4.37. The summed E-state index contributed by atoms with van der Waals surface area (Å²) in [4.78, 5) is 6.70. The standard InChI is InChI=1S/C15H23N3.HI/c1-12-6-7-14(13(2)10-12)11-17-15(16-3)18-8-4-5-9-18;/h6-7,10H,4-5,8-9,11H2,1-3H3,(H,16,17);1H. The first-order valence-corrected chi connectivity index (χ1v) is 6.72. The van der Waals surface area contributed by atoms with E-state index in [1.807, 2.05) is 7.05 Å². The summed E-state index contributed by atoms with van der Waals surface area (Å²) >= 11 is 0. The summed E-state index contributed by atoms with van der Waals surface area (Å²) in [6.45, 7) is 7.42. The SMILES string of the molecule is CN=C(NCc1ccc(C)cc1C)N1CCCC1.I. The molecule has 1 aromatic rings. The molecule has 19 heavy (non-hydrogen) atoms. The van der Waals surface area contributed by atoms with Gasteiger partial charge in [0.15, 0.2) is 5.96 Å². The van der Waals surface area contributed by atoms with Gasteiger partial charge in [0.05, 0.1) is 0 Å². The molecule has 1 aliphatic heterocycles. The maximum atomic E-state index is 4.36. The molecular formula is C15H24IN3. The number of halogens is 1. The van der Waals surface area contributed by atoms with E-state index in [0.29, 0.717) is 0 Å². The lowest BCUT2D eigenvalue weighted by Crippen LogP contribution is -2.39. The molecule has 0 amide bonds. The van der Waals surface area contributed by atoms with Gasteiger partial charge in [-0.05, 0) is 37.8 Å². The van der Waals surface area contributed by atoms with E-state index in [4.69, 9.17) is 0 Å². The van der Waals surface area contributed by atoms with Gasteiger partial charge in [-0.3, -0.25) is 4.99 Å². The number of guanidine groups is 1. The van der Waals surface area contributed by atoms with Crippen LogP contribution in [0.15, 0.2) is 23.2 Å². The van der Waals surface area contributed by atoms with E-state index < -0.39 is 0 Å². The highest BCUT2D eigenvalue weighted by Crippen LogP contribution is 2.11. The molecule has 1 heterocycles. The van der Waals surface area contributed by atoms with Gasteiger partial charge in [-0.25, -0.2) is 0 Å². The van der Waals surface area contributed by atoms with Crippen LogP contribution >= 0.6 is 24.0 Å². The molecule has 1 aromatic carbocycles. The zero-order valence-electron chi connectivity index (χ0n) is 12.1. The maximum Gasteiger partial charge on any atom is 0.193 e. The van der Waals surface area contributed by atoms with E-state index >= 15 is 0 Å². The Bertz CT molecular complexity index is 437. The van der Waals surface area contributed by atoms with E-state index in [1.165, 1.54) is 29.5 Å². The fourth-order valence-electron chi connectivity index (χ4n) is 2.48. The molecule has 0 aromatic heterocycles. The van der Waals surface area contributed by atoms with Crippen molar-refractivity contribution in [2.24, 2.45) is 4.99 Å². The largest absolute Gasteiger partial charge is 0.352 e. The first-order valence-electron chi connectivity index (χ1n) is 6.72. The lowest BCUT2D eigenvalue weighted by molar-refractivity contribution is 0.493. The van der Waals surface area contributed by atoms with Gasteiger partial charge in [0.2, 0.25) is 0 Å². The number of likely N-dealkylation sites (tertiary alicyclic amines) is 1. The Hall–Kier alpha value is -0.780. The third-order valence-corrected chi connectivity index (χ3v) is 3.55. The highest BCUT2D eigenvalue weighted by Gasteiger charge is 2.15. The number of aliphatic imine (C=N–C) groups is 1. The van der Waals surface area contributed by atoms with Crippen molar-refractivity contribution in [2.75, 3.05) is 20.1 Å². The van der Waals surface area contributed by atoms with Gasteiger partial charge < -0.3 is 10.2 Å². The van der Waals surface area contributed by atoms with Crippen LogP contribution in [-0.4, -0.2) is 31.0 Å². The molecule has 0 saturated carbocycles. The van der Waals surface area contributed by atoms with Crippen molar-refractivity contribution < 1.29 is 0 Å². The van der Waals surface area contributed by atoms with E-state index in [1.54, 1.807) is 0 Å². The van der Waals surface area contributed by atoms with Crippen LogP contribution in [0.4, 0.5) is 0 Å². The summed E-state index contributed by atoms with van der Waals surface area (Å²) in [5.74, 6) is 1.03. The van der Waals surface area contributed by atoms with Crippen molar-refractivity contribution in [2.45, 2.75) is 33.2 Å². The predicted octanol–water partition coefficient (Wildman–Crippen LogP) is 3.09. The molecule has 0 aliphatic carbocycles. The molecule has 0 radical (unpaired) electrons. The second-order valence-electron chi connectivity index (χ2n) is 5.02. The molecule has 2 rings (SSSR count). The zero-order chi connectivity index (χ0) is 13.0. The average Bonchev–Trinajstić information content (AvgIpc) is 2.86. The summed E-state index contributed by atoms with van der Waals surface area (Å²) in [6.07, 6.45) is 2.56. The lowest BCUT2D eigenvalue weighted by atomic mass is 10.1. The molecule has 3 nitrogen and oxygen atoms in total. The summed E-state index contributed by atoms with van der Waals surface area (Å²) in [6, 6.07) is 6.60. The van der Waals surface area contributed by atoms with Crippen LogP contribution in [0.1, 0.15) is 29.5 Å². The number of benzene rings is 1. The molecule has 0 unspecified atom stereocenters. The number of hydrogen-bond acceptors (Lipinski definition) is 1. The van der Waals surface area contributed by atoms with Crippen LogP contribution in [0.2, 0.25) is 0 Å². The van der Waals surface area contributed by atoms with E-state index in [0.717, 1.165) is 25.6 Å². The van der Waals surface area contributed by atoms with E-state index in [-0.39, 0.29) is 24.0 Å². The van der Waals surface area contributed by atoms with Crippen molar-refractivity contribution in [3.8, 4) is 0 Å². The Morgan fingerprint density at radius 2 is 1.95 bits per heavy atom. The quantitative estimate of drug-likeness (QED) is 0.490. The third-order valence-electron chi connectivity index (χ3n) is 3.55. The monoisotopic (exact) mass is 373 g/mol. The van der Waals surface area contributed by atoms with Crippen molar-refractivity contribution >= 4 is 29.9 Å². The molecule has 0 atom stereocenters. The Labute approximate surface area is 133 Å². The average molecular weight is 373 g/mol. The molecule has 1 N–H and O–H groups in total. The predicted molar refractivity (Wildman–Crippen MR) is 92.3 cm³/mol. The molecular weight excluding hydrogens is 349 g/mol. The fourth-order valence-corrected chi connectivity index (χ4v) is 2.48. The zero-order valence-corrected chi connectivity index (χ0v) is 14.4. The molecule has 4 heteroatoms. The summed E-state index contributed by atoms with van der Waals surface area (Å²) in [5.41, 5.74) is 4.01. The summed E-state index contributed by atoms with van der Waals surface area (Å²) in [5, 5.41) is 3.46. The molecule has 1 fully saturated rings. The molecule has 1 saturated heterocycles. The van der Waals surface area contributed by atoms with Gasteiger partial charge in [-0.2, -0.15) is 0 Å². The van der Waals surface area contributed by atoms with Crippen LogP contribution < -0.4 is 5.32 Å². The molecule has 0 spiro atoms. The highest BCUT2D eigenvalue weighted by atomic mass is 127. The summed E-state index contributed by atoms with van der Waals surface area (Å²) in [7, 11) is 1.86. The van der Waals surface area contributed by atoms with Gasteiger partial charge in [-0.1, -0.05) is 23.8 Å². The minimum absolute atomic E-state index is 0. The minimum Gasteiger partial charge on any atom is -0.352 e. The van der Waals surface area contributed by atoms with Gasteiger partial charge in [-0.15, -0.1) is 24.0 Å². The number of aryl methyl sites for hydroxylation is 2. The van der Waals surface area contributed by atoms with Gasteiger partial charge in [0.1, 0.15) is 0 Å². The van der Waals surface area contributed by atoms with Crippen LogP contribution in [0.5, 0.6) is 0 Å². The number of rotatable bonds is 2. The topological polar surface area (TPSA) is 27.6 Å². The van der Waals surface area contributed by atoms with Crippen LogP contribution in [0.25, 0.3) is 0 Å². The van der Waals surface area contributed by atoms with Gasteiger partial charge in [0, 0.05) is 26.7 Å². The van der Waals surface area contributed by atoms with E-state index in [2.05, 4.69) is 47.3 Å². The number of nitrogens with one attached hydrogen (secondary N) is 1. The van der Waals surface area contributed by atoms with Crippen molar-refractivity contribution in [1.29, 1.82) is 0 Å². The maximum absolute atomic E-state index is 4.36. The van der Waals surface area contributed by atoms with Crippen LogP contribution in [-0.2, 0) is 6.54 Å². The Balaban J connectivity index is 0.00000180. The molecule has 1 aliphatic rings. The van der Waals surface area contributed by atoms with Gasteiger partial charge in [0.25, 0.3) is 0 Å². The first kappa shape index (κ1) is 16.3. The van der Waals surface area contributed by atoms with Crippen molar-refractivity contribution in [3.63, 3.8) is 0 Å². The molecule has 0 bridgehead atoms. The minimum atomic E-state index is 0. The first-order chi connectivity index (χ1) is 8.70. The Morgan fingerprint density at radius 3 is 2.53 bits per heavy atom. The Morgan fingerprint density at radius 1 is 1.26 bits per heavy atom. The van der Waals surface area contributed by atoms with Crippen LogP contribution in [0, 0.1) is 13.8 Å². The normalized spacial score (nSPS) is 15.3. The second kappa shape index (κ2) is 7.72. The highest BCUT2D eigenvalue weighted by molar-refractivity contribution is 14.0. The smallest absolute Gasteiger partial charge is 0.193 e. The molecule has 106 valence electrons. The Kier molecular flexibility index (Phi) is 6.62.